The van der Waals surface area contributed by atoms with Gasteiger partial charge in [-0.05, 0) is 73.6 Å². The second-order valence-electron chi connectivity index (χ2n) is 14.8. The van der Waals surface area contributed by atoms with Gasteiger partial charge in [-0.15, -0.1) is 0 Å². The number of carbonyl (C=O) groups excluding carboxylic acids is 4. The van der Waals surface area contributed by atoms with E-state index in [1.54, 1.807) is 24.3 Å². The first kappa shape index (κ1) is 36.0. The Balaban J connectivity index is 1.69. The lowest BCUT2D eigenvalue weighted by atomic mass is 9.36. The Morgan fingerprint density at radius 1 is 0.938 bits per heavy atom. The maximum absolute atomic E-state index is 14.8. The molecule has 1 aliphatic heterocycles. The molecule has 4 aliphatic rings. The van der Waals surface area contributed by atoms with Crippen molar-refractivity contribution in [3.63, 3.8) is 0 Å². The minimum atomic E-state index is -1.43. The zero-order chi connectivity index (χ0) is 35.2. The number of carbonyl (C=O) groups is 4. The van der Waals surface area contributed by atoms with E-state index in [1.165, 1.54) is 33.8 Å². The quantitative estimate of drug-likeness (QED) is 0.220. The topological polar surface area (TPSA) is 135 Å². The molecule has 1 saturated heterocycles. The van der Waals surface area contributed by atoms with Crippen LogP contribution in [0.25, 0.3) is 0 Å². The molecule has 2 saturated carbocycles. The number of esters is 4. The molecule has 10 atom stereocenters. The molecule has 0 aromatic heterocycles. The van der Waals surface area contributed by atoms with E-state index in [9.17, 15) is 28.7 Å². The number of fused-ring (bicyclic) bond motifs is 5. The van der Waals surface area contributed by atoms with Gasteiger partial charge in [0.15, 0.2) is 0 Å². The van der Waals surface area contributed by atoms with Crippen molar-refractivity contribution in [1.29, 1.82) is 0 Å². The molecule has 1 heterocycles. The standard InChI is InChI=1S/C37H49FO10/c1-21-18-30(46-23(3)40)35(7)28(37(21,43)15-12-26-10-8-9-11-27(26)38)13-14-34(6)29-19-44-20-36(29,16-17-45-22(2)39)33(48-25(5)42)31(32(34)35)47-24(4)41/h8-11,18,28-33,43H,12-17,19-20H2,1-7H3/t28-,29+,30-,31+,32?,33+,34+,35-,36+,37-/m1/s1. The summed E-state index contributed by atoms with van der Waals surface area (Å²) >= 11 is 0. The molecule has 264 valence electrons. The van der Waals surface area contributed by atoms with Crippen LogP contribution in [0.15, 0.2) is 35.9 Å². The van der Waals surface area contributed by atoms with E-state index in [-0.39, 0.29) is 37.8 Å². The molecule has 11 heteroatoms. The number of benzene rings is 1. The number of ether oxygens (including phenoxy) is 5. The van der Waals surface area contributed by atoms with Crippen molar-refractivity contribution in [2.75, 3.05) is 19.8 Å². The number of halogens is 1. The number of hydrogen-bond donors (Lipinski definition) is 1. The van der Waals surface area contributed by atoms with E-state index < -0.39 is 75.9 Å². The van der Waals surface area contributed by atoms with Gasteiger partial charge in [0.25, 0.3) is 0 Å². The van der Waals surface area contributed by atoms with Gasteiger partial charge >= 0.3 is 23.9 Å². The summed E-state index contributed by atoms with van der Waals surface area (Å²) in [5, 5.41) is 12.8. The summed E-state index contributed by atoms with van der Waals surface area (Å²) < 4.78 is 44.8. The van der Waals surface area contributed by atoms with Gasteiger partial charge in [0.2, 0.25) is 0 Å². The largest absolute Gasteiger partial charge is 0.466 e. The van der Waals surface area contributed by atoms with Gasteiger partial charge in [0, 0.05) is 50.4 Å². The van der Waals surface area contributed by atoms with E-state index in [0.29, 0.717) is 37.0 Å². The first-order chi connectivity index (χ1) is 22.5. The first-order valence-corrected chi connectivity index (χ1v) is 16.9. The van der Waals surface area contributed by atoms with Crippen molar-refractivity contribution in [3.05, 3.63) is 47.3 Å². The van der Waals surface area contributed by atoms with Gasteiger partial charge in [-0.3, -0.25) is 19.2 Å². The molecule has 1 aromatic rings. The molecule has 1 unspecified atom stereocenters. The van der Waals surface area contributed by atoms with Crippen LogP contribution in [0.3, 0.4) is 0 Å². The highest BCUT2D eigenvalue weighted by Gasteiger charge is 2.76. The van der Waals surface area contributed by atoms with Crippen LogP contribution in [0.4, 0.5) is 4.39 Å². The van der Waals surface area contributed by atoms with Crippen LogP contribution >= 0.6 is 0 Å². The first-order valence-electron chi connectivity index (χ1n) is 16.9. The lowest BCUT2D eigenvalue weighted by Crippen LogP contribution is -2.74. The number of aryl methyl sites for hydroxylation is 1. The fourth-order valence-corrected chi connectivity index (χ4v) is 10.4. The molecule has 1 aromatic carbocycles. The Kier molecular flexibility index (Phi) is 9.89. The van der Waals surface area contributed by atoms with E-state index in [4.69, 9.17) is 23.7 Å². The van der Waals surface area contributed by atoms with Gasteiger partial charge in [-0.1, -0.05) is 32.0 Å². The Labute approximate surface area is 281 Å². The second-order valence-corrected chi connectivity index (χ2v) is 14.8. The fourth-order valence-electron chi connectivity index (χ4n) is 10.4. The third-order valence-electron chi connectivity index (χ3n) is 12.2. The van der Waals surface area contributed by atoms with Crippen molar-refractivity contribution in [3.8, 4) is 0 Å². The van der Waals surface area contributed by atoms with Crippen LogP contribution in [0.2, 0.25) is 0 Å². The highest BCUT2D eigenvalue weighted by Crippen LogP contribution is 2.72. The number of aliphatic hydroxyl groups is 1. The SMILES string of the molecule is CC(=O)OCC[C@]12COC[C@H]1[C@]1(C)CC[C@@H]3[C@@](C)(C1[C@H](OC(C)=O)[C@@H]2OC(C)=O)[C@H](OC(C)=O)C=C(C)[C@]3(O)CCc1ccccc1F. The normalized spacial score (nSPS) is 38.4. The van der Waals surface area contributed by atoms with Gasteiger partial charge in [0.1, 0.15) is 24.1 Å². The van der Waals surface area contributed by atoms with Crippen LogP contribution in [-0.4, -0.2) is 72.7 Å². The average Bonchev–Trinajstić information content (AvgIpc) is 3.43. The smallest absolute Gasteiger partial charge is 0.303 e. The molecule has 1 N–H and O–H groups in total. The lowest BCUT2D eigenvalue weighted by Gasteiger charge is -2.70. The van der Waals surface area contributed by atoms with Crippen LogP contribution in [0, 0.1) is 39.8 Å². The number of hydrogen-bond acceptors (Lipinski definition) is 10. The molecule has 0 radical (unpaired) electrons. The maximum Gasteiger partial charge on any atom is 0.303 e. The van der Waals surface area contributed by atoms with Crippen molar-refractivity contribution >= 4 is 23.9 Å². The summed E-state index contributed by atoms with van der Waals surface area (Å²) in [7, 11) is 0. The summed E-state index contributed by atoms with van der Waals surface area (Å²) in [6, 6.07) is 6.49. The van der Waals surface area contributed by atoms with Crippen molar-refractivity contribution in [2.45, 2.75) is 104 Å². The summed E-state index contributed by atoms with van der Waals surface area (Å²) in [5.41, 5.74) is -2.89. The van der Waals surface area contributed by atoms with Gasteiger partial charge in [-0.2, -0.15) is 0 Å². The van der Waals surface area contributed by atoms with E-state index >= 15 is 0 Å². The monoisotopic (exact) mass is 672 g/mol. The molecule has 0 spiro atoms. The molecule has 10 nitrogen and oxygen atoms in total. The summed E-state index contributed by atoms with van der Waals surface area (Å²) in [6.45, 7) is 11.7. The summed E-state index contributed by atoms with van der Waals surface area (Å²) in [6.07, 6.45) is 0.795. The molecule has 0 amide bonds. The van der Waals surface area contributed by atoms with E-state index in [0.717, 1.165) is 0 Å². The van der Waals surface area contributed by atoms with Crippen molar-refractivity contribution in [2.24, 2.45) is 34.0 Å². The zero-order valence-electron chi connectivity index (χ0n) is 29.0. The Bertz CT molecular complexity index is 1480. The average molecular weight is 673 g/mol. The van der Waals surface area contributed by atoms with Crippen molar-refractivity contribution in [1.82, 2.24) is 0 Å². The zero-order valence-corrected chi connectivity index (χ0v) is 29.0. The van der Waals surface area contributed by atoms with Crippen LogP contribution in [-0.2, 0) is 49.3 Å². The summed E-state index contributed by atoms with van der Waals surface area (Å²) in [5.74, 6) is -3.82. The summed E-state index contributed by atoms with van der Waals surface area (Å²) in [4.78, 5) is 50.3. The van der Waals surface area contributed by atoms with E-state index in [1.807, 2.05) is 13.8 Å². The molecular weight excluding hydrogens is 623 g/mol. The maximum atomic E-state index is 14.8. The predicted molar refractivity (Wildman–Crippen MR) is 171 cm³/mol. The van der Waals surface area contributed by atoms with Gasteiger partial charge in [0.05, 0.1) is 25.4 Å². The molecule has 5 rings (SSSR count). The van der Waals surface area contributed by atoms with Crippen molar-refractivity contribution < 1.29 is 52.4 Å². The minimum absolute atomic E-state index is 0.0498. The van der Waals surface area contributed by atoms with Gasteiger partial charge < -0.3 is 28.8 Å². The lowest BCUT2D eigenvalue weighted by molar-refractivity contribution is -0.287. The van der Waals surface area contributed by atoms with Crippen LogP contribution < -0.4 is 0 Å². The molecule has 3 aliphatic carbocycles. The predicted octanol–water partition coefficient (Wildman–Crippen LogP) is 4.88. The Morgan fingerprint density at radius 2 is 1.60 bits per heavy atom. The Hall–Kier alpha value is -3.31. The van der Waals surface area contributed by atoms with Gasteiger partial charge in [-0.25, -0.2) is 4.39 Å². The minimum Gasteiger partial charge on any atom is -0.466 e. The molecule has 0 bridgehead atoms. The molecule has 3 fully saturated rings. The third-order valence-corrected chi connectivity index (χ3v) is 12.2. The van der Waals surface area contributed by atoms with Crippen LogP contribution in [0.1, 0.15) is 79.7 Å². The molecule has 48 heavy (non-hydrogen) atoms. The highest BCUT2D eigenvalue weighted by atomic mass is 19.1. The highest BCUT2D eigenvalue weighted by molar-refractivity contribution is 5.68. The van der Waals surface area contributed by atoms with Crippen LogP contribution in [0.5, 0.6) is 0 Å². The number of rotatable bonds is 9. The van der Waals surface area contributed by atoms with E-state index in [2.05, 4.69) is 6.92 Å². The fraction of sp³-hybridized carbons (Fsp3) is 0.676. The molecular formula is C37H49FO10. The Morgan fingerprint density at radius 3 is 2.23 bits per heavy atom. The second kappa shape index (κ2) is 13.2. The third kappa shape index (κ3) is 5.95.